The van der Waals surface area contributed by atoms with Gasteiger partial charge in [-0.25, -0.2) is 0 Å². The Hall–Kier alpha value is 0.549. The summed E-state index contributed by atoms with van der Waals surface area (Å²) in [5, 5.41) is 8.97. The van der Waals surface area contributed by atoms with E-state index in [1.165, 1.54) is 38.5 Å². The maximum Gasteiger partial charge on any atom is 2.00 e. The molecule has 0 aromatic carbocycles. The van der Waals surface area contributed by atoms with Gasteiger partial charge in [-0.3, -0.25) is 4.21 Å². The van der Waals surface area contributed by atoms with Crippen molar-refractivity contribution in [3.8, 4) is 0 Å². The van der Waals surface area contributed by atoms with Crippen LogP contribution in [0, 0.1) is 20.8 Å². The van der Waals surface area contributed by atoms with Gasteiger partial charge < -0.3 is 30.2 Å². The van der Waals surface area contributed by atoms with Crippen LogP contribution in [0.1, 0.15) is 78.6 Å². The Labute approximate surface area is 176 Å². The molecule has 2 fully saturated rings. The molecule has 3 unspecified atom stereocenters. The molecule has 2 aliphatic rings. The standard InChI is InChI=1S/C13H26O3S.C5H10.2CH3.Fe.H2O/c1-13(2,3)17(15)12-7-4-6-11(12)10-16-9-5-8-14;1-2-4-5-3-1;;;;/h11-12,14H,4-10H2,1-3H3;1-5H2;2*1H3;;1H2/q;;2*-1;+2;. The van der Waals surface area contributed by atoms with Crippen molar-refractivity contribution in [2.24, 2.45) is 5.92 Å². The van der Waals surface area contributed by atoms with Crippen molar-refractivity contribution in [1.82, 2.24) is 0 Å². The van der Waals surface area contributed by atoms with Crippen LogP contribution in [0.15, 0.2) is 0 Å². The summed E-state index contributed by atoms with van der Waals surface area (Å²) in [6.07, 6.45) is 11.6. The smallest absolute Gasteiger partial charge is 0.412 e. The number of aliphatic hydroxyl groups excluding tert-OH is 1. The van der Waals surface area contributed by atoms with E-state index in [2.05, 4.69) is 0 Å². The first-order valence-electron chi connectivity index (χ1n) is 9.06. The minimum atomic E-state index is -0.779. The quantitative estimate of drug-likeness (QED) is 0.386. The maximum absolute atomic E-state index is 12.4. The van der Waals surface area contributed by atoms with Crippen molar-refractivity contribution < 1.29 is 36.6 Å². The van der Waals surface area contributed by atoms with Crippen molar-refractivity contribution in [2.45, 2.75) is 88.6 Å². The van der Waals surface area contributed by atoms with Crippen LogP contribution >= 0.6 is 0 Å². The van der Waals surface area contributed by atoms with Gasteiger partial charge in [0.2, 0.25) is 0 Å². The molecule has 0 saturated heterocycles. The Kier molecular flexibility index (Phi) is 24.8. The maximum atomic E-state index is 12.4. The molecule has 0 heterocycles. The van der Waals surface area contributed by atoms with Crippen LogP contribution in [-0.2, 0) is 32.6 Å². The minimum absolute atomic E-state index is 0. The second-order valence-corrected chi connectivity index (χ2v) is 9.98. The van der Waals surface area contributed by atoms with E-state index in [1.807, 2.05) is 20.8 Å². The van der Waals surface area contributed by atoms with E-state index in [0.29, 0.717) is 30.8 Å². The number of hydrogen-bond donors (Lipinski definition) is 1. The van der Waals surface area contributed by atoms with E-state index in [4.69, 9.17) is 9.84 Å². The number of hydrogen-bond acceptors (Lipinski definition) is 3. The fraction of sp³-hybridized carbons (Fsp3) is 0.900. The summed E-state index contributed by atoms with van der Waals surface area (Å²) in [6.45, 7) is 7.64. The van der Waals surface area contributed by atoms with E-state index in [1.54, 1.807) is 0 Å². The largest absolute Gasteiger partial charge is 2.00 e. The Morgan fingerprint density at radius 1 is 1.00 bits per heavy atom. The van der Waals surface area contributed by atoms with Crippen molar-refractivity contribution >= 4 is 10.8 Å². The molecule has 4 nitrogen and oxygen atoms in total. The second-order valence-electron chi connectivity index (χ2n) is 7.56. The molecule has 26 heavy (non-hydrogen) atoms. The fourth-order valence-electron chi connectivity index (χ4n) is 3.21. The van der Waals surface area contributed by atoms with Crippen LogP contribution in [0.25, 0.3) is 0 Å². The van der Waals surface area contributed by atoms with Crippen LogP contribution in [0.4, 0.5) is 0 Å². The summed E-state index contributed by atoms with van der Waals surface area (Å²) in [5.41, 5.74) is 0. The van der Waals surface area contributed by atoms with E-state index in [9.17, 15) is 4.21 Å². The minimum Gasteiger partial charge on any atom is -0.412 e. The van der Waals surface area contributed by atoms with Gasteiger partial charge in [-0.1, -0.05) is 38.5 Å². The molecule has 0 amide bonds. The van der Waals surface area contributed by atoms with E-state index >= 15 is 0 Å². The third kappa shape index (κ3) is 13.7. The van der Waals surface area contributed by atoms with Gasteiger partial charge in [-0.15, -0.1) is 0 Å². The molecule has 3 N–H and O–H groups in total. The van der Waals surface area contributed by atoms with Crippen LogP contribution in [0.2, 0.25) is 0 Å². The molecule has 2 rings (SSSR count). The summed E-state index contributed by atoms with van der Waals surface area (Å²) in [4.78, 5) is 0. The molecule has 0 aromatic rings. The topological polar surface area (TPSA) is 78.0 Å². The second kappa shape index (κ2) is 18.9. The Morgan fingerprint density at radius 2 is 1.50 bits per heavy atom. The molecule has 2 saturated carbocycles. The van der Waals surface area contributed by atoms with E-state index in [-0.39, 0.29) is 48.8 Å². The number of rotatable bonds is 6. The predicted molar refractivity (Wildman–Crippen MR) is 111 cm³/mol. The van der Waals surface area contributed by atoms with Gasteiger partial charge in [0.1, 0.15) is 0 Å². The molecule has 0 spiro atoms. The van der Waals surface area contributed by atoms with Gasteiger partial charge in [0.15, 0.2) is 0 Å². The molecular weight excluding hydrogens is 392 g/mol. The first-order valence-corrected chi connectivity index (χ1v) is 10.3. The van der Waals surface area contributed by atoms with Gasteiger partial charge in [0.05, 0.1) is 6.61 Å². The summed E-state index contributed by atoms with van der Waals surface area (Å²) in [7, 11) is -0.779. The van der Waals surface area contributed by atoms with Crippen LogP contribution < -0.4 is 0 Å². The van der Waals surface area contributed by atoms with Gasteiger partial charge >= 0.3 is 17.1 Å². The summed E-state index contributed by atoms with van der Waals surface area (Å²) in [5.74, 6) is 0.439. The zero-order valence-corrected chi connectivity index (χ0v) is 19.6. The normalized spacial score (nSPS) is 22.5. The third-order valence-electron chi connectivity index (χ3n) is 4.50. The monoisotopic (exact) mass is 436 g/mol. The molecule has 3 atom stereocenters. The zero-order valence-electron chi connectivity index (χ0n) is 17.7. The van der Waals surface area contributed by atoms with Gasteiger partial charge in [-0.05, 0) is 46.0 Å². The summed E-state index contributed by atoms with van der Waals surface area (Å²) < 4.78 is 17.8. The molecule has 162 valence electrons. The van der Waals surface area contributed by atoms with E-state index in [0.717, 1.165) is 12.8 Å². The van der Waals surface area contributed by atoms with Crippen molar-refractivity contribution in [2.75, 3.05) is 19.8 Å². The van der Waals surface area contributed by atoms with Crippen molar-refractivity contribution in [3.05, 3.63) is 14.9 Å². The third-order valence-corrected chi connectivity index (χ3v) is 6.87. The molecule has 0 aliphatic heterocycles. The zero-order chi connectivity index (χ0) is 16.4. The molecule has 0 radical (unpaired) electrons. The van der Waals surface area contributed by atoms with Crippen LogP contribution in [-0.4, -0.2) is 44.6 Å². The fourth-order valence-corrected chi connectivity index (χ4v) is 5.07. The number of aliphatic hydroxyl groups is 1. The molecule has 6 heteroatoms. The van der Waals surface area contributed by atoms with Crippen LogP contribution in [0.5, 0.6) is 0 Å². The summed E-state index contributed by atoms with van der Waals surface area (Å²) >= 11 is 0. The average molecular weight is 436 g/mol. The molecular formula is C20H44FeO4S. The molecule has 0 bridgehead atoms. The molecule has 0 aromatic heterocycles. The first-order chi connectivity index (χ1) is 10.5. The Balaban J connectivity index is -0.000000234. The average Bonchev–Trinajstić information content (AvgIpc) is 3.15. The SMILES string of the molecule is C1CCCC1.CC(C)(C)S(=O)C1CCCC1COCCCO.O.[CH3-].[CH3-].[Fe+2]. The van der Waals surface area contributed by atoms with Gasteiger partial charge in [0.25, 0.3) is 0 Å². The Morgan fingerprint density at radius 3 is 1.92 bits per heavy atom. The van der Waals surface area contributed by atoms with Crippen LogP contribution in [0.3, 0.4) is 0 Å². The van der Waals surface area contributed by atoms with Gasteiger partial charge in [-0.2, -0.15) is 0 Å². The predicted octanol–water partition coefficient (Wildman–Crippen LogP) is 4.13. The molecule has 2 aliphatic carbocycles. The Bertz CT molecular complexity index is 310. The summed E-state index contributed by atoms with van der Waals surface area (Å²) in [6, 6.07) is 0. The number of ether oxygens (including phenoxy) is 1. The van der Waals surface area contributed by atoms with Gasteiger partial charge in [0, 0.05) is 34.0 Å². The van der Waals surface area contributed by atoms with Crippen molar-refractivity contribution in [3.63, 3.8) is 0 Å². The first kappa shape index (κ1) is 34.1. The van der Waals surface area contributed by atoms with E-state index < -0.39 is 10.8 Å². The van der Waals surface area contributed by atoms with Crippen molar-refractivity contribution in [1.29, 1.82) is 0 Å².